The van der Waals surface area contributed by atoms with Crippen molar-refractivity contribution in [1.29, 1.82) is 5.26 Å². The summed E-state index contributed by atoms with van der Waals surface area (Å²) in [5.41, 5.74) is 4.24. The van der Waals surface area contributed by atoms with Crippen LogP contribution in [0.3, 0.4) is 0 Å². The van der Waals surface area contributed by atoms with E-state index in [9.17, 15) is 4.79 Å². The Balaban J connectivity index is 1.31. The molecule has 0 aromatic heterocycles. The summed E-state index contributed by atoms with van der Waals surface area (Å²) >= 11 is 0. The number of carbonyl (C=O) groups excluding carboxylic acids is 1. The van der Waals surface area contributed by atoms with Crippen molar-refractivity contribution in [3.63, 3.8) is 0 Å². The maximum atomic E-state index is 12.3. The minimum Gasteiger partial charge on any atom is -0.339 e. The molecule has 6 rings (SSSR count). The van der Waals surface area contributed by atoms with Gasteiger partial charge in [-0.05, 0) is 41.7 Å². The van der Waals surface area contributed by atoms with Crippen molar-refractivity contribution in [2.24, 2.45) is 5.92 Å². The molecule has 4 heteroatoms. The molecular weight excluding hydrogens is 322 g/mol. The maximum absolute atomic E-state index is 12.3. The lowest BCUT2D eigenvalue weighted by atomic mass is 9.74. The van der Waals surface area contributed by atoms with Crippen LogP contribution >= 0.6 is 0 Å². The van der Waals surface area contributed by atoms with Crippen LogP contribution in [-0.2, 0) is 4.79 Å². The Labute approximate surface area is 153 Å². The number of nitrogens with zero attached hydrogens (tertiary/aromatic N) is 2. The molecule has 1 unspecified atom stereocenters. The Morgan fingerprint density at radius 3 is 2.42 bits per heavy atom. The van der Waals surface area contributed by atoms with Gasteiger partial charge in [-0.2, -0.15) is 5.26 Å². The first-order valence-electron chi connectivity index (χ1n) is 9.38. The topological polar surface area (TPSA) is 56.1 Å². The van der Waals surface area contributed by atoms with Crippen LogP contribution in [0.4, 0.5) is 0 Å². The van der Waals surface area contributed by atoms with E-state index in [0.717, 1.165) is 37.1 Å². The zero-order valence-corrected chi connectivity index (χ0v) is 14.6. The standard InChI is InChI=1S/C22H21N3O/c23-11-14-2-1-3-18(10-14)15-4-6-16(7-5-15)21-19-12-25(13-20(21)24-19)22(26)17-8-9-17/h1-7,10,17,19-21,24H,8-9,12-13H2/t19-,20+,21?. The Morgan fingerprint density at radius 2 is 1.77 bits per heavy atom. The minimum absolute atomic E-state index is 0.314. The van der Waals surface area contributed by atoms with Gasteiger partial charge >= 0.3 is 0 Å². The second-order valence-electron chi connectivity index (χ2n) is 7.74. The number of nitrogens with one attached hydrogen (secondary N) is 1. The molecule has 0 spiro atoms. The molecule has 26 heavy (non-hydrogen) atoms. The van der Waals surface area contributed by atoms with E-state index in [1.54, 1.807) is 0 Å². The van der Waals surface area contributed by atoms with Gasteiger partial charge in [-0.25, -0.2) is 0 Å². The summed E-state index contributed by atoms with van der Waals surface area (Å²) in [5, 5.41) is 12.7. The Bertz CT molecular complexity index is 882. The number of benzene rings is 2. The zero-order valence-electron chi connectivity index (χ0n) is 14.6. The molecule has 130 valence electrons. The van der Waals surface area contributed by atoms with Crippen molar-refractivity contribution in [2.75, 3.05) is 13.1 Å². The first-order valence-corrected chi connectivity index (χ1v) is 9.38. The molecule has 1 saturated carbocycles. The molecule has 4 fully saturated rings. The highest BCUT2D eigenvalue weighted by atomic mass is 16.2. The van der Waals surface area contributed by atoms with Crippen molar-refractivity contribution >= 4 is 5.91 Å². The normalized spacial score (nSPS) is 26.7. The smallest absolute Gasteiger partial charge is 0.225 e. The number of nitriles is 1. The van der Waals surface area contributed by atoms with Crippen LogP contribution in [0.2, 0.25) is 0 Å². The van der Waals surface area contributed by atoms with E-state index < -0.39 is 0 Å². The van der Waals surface area contributed by atoms with Crippen LogP contribution in [0.15, 0.2) is 48.5 Å². The highest BCUT2D eigenvalue weighted by Crippen LogP contribution is 2.39. The molecule has 2 bridgehead atoms. The van der Waals surface area contributed by atoms with Crippen LogP contribution in [-0.4, -0.2) is 36.0 Å². The zero-order chi connectivity index (χ0) is 17.7. The highest BCUT2D eigenvalue weighted by Gasteiger charge is 2.49. The summed E-state index contributed by atoms with van der Waals surface area (Å²) in [5.74, 6) is 1.18. The number of rotatable bonds is 3. The number of hydrogen-bond acceptors (Lipinski definition) is 3. The summed E-state index contributed by atoms with van der Waals surface area (Å²) in [4.78, 5) is 14.4. The minimum atomic E-state index is 0.314. The average molecular weight is 343 g/mol. The lowest BCUT2D eigenvalue weighted by Crippen LogP contribution is -2.72. The van der Waals surface area contributed by atoms with Crippen LogP contribution < -0.4 is 5.32 Å². The molecule has 3 atom stereocenters. The SMILES string of the molecule is N#Cc1cccc(-c2ccc(C3[C@@H]4CN(C(=O)C5CC5)C[C@H]3N4)cc2)c1. The van der Waals surface area contributed by atoms with Gasteiger partial charge in [-0.15, -0.1) is 0 Å². The third-order valence-corrected chi connectivity index (χ3v) is 5.99. The average Bonchev–Trinajstić information content (AvgIpc) is 3.53. The van der Waals surface area contributed by atoms with E-state index in [0.29, 0.717) is 35.4 Å². The number of hydrogen-bond donors (Lipinski definition) is 1. The lowest BCUT2D eigenvalue weighted by Gasteiger charge is -2.55. The van der Waals surface area contributed by atoms with E-state index in [1.165, 1.54) is 5.56 Å². The van der Waals surface area contributed by atoms with Gasteiger partial charge in [0.2, 0.25) is 5.91 Å². The van der Waals surface area contributed by atoms with E-state index >= 15 is 0 Å². The molecule has 3 saturated heterocycles. The van der Waals surface area contributed by atoms with Gasteiger partial charge in [0.1, 0.15) is 0 Å². The molecule has 1 N–H and O–H groups in total. The predicted molar refractivity (Wildman–Crippen MR) is 99.3 cm³/mol. The number of fused-ring (bicyclic) bond motifs is 2. The van der Waals surface area contributed by atoms with Gasteiger partial charge in [0.15, 0.2) is 0 Å². The molecule has 1 amide bonds. The summed E-state index contributed by atoms with van der Waals surface area (Å²) in [7, 11) is 0. The van der Waals surface area contributed by atoms with E-state index in [1.807, 2.05) is 24.3 Å². The molecule has 2 aromatic rings. The first-order chi connectivity index (χ1) is 12.7. The Hall–Kier alpha value is -2.64. The number of piperazine rings is 1. The van der Waals surface area contributed by atoms with Crippen molar-refractivity contribution in [2.45, 2.75) is 30.8 Å². The quantitative estimate of drug-likeness (QED) is 0.932. The number of amides is 1. The van der Waals surface area contributed by atoms with Crippen molar-refractivity contribution < 1.29 is 4.79 Å². The number of piperidine rings is 1. The fourth-order valence-corrected chi connectivity index (χ4v) is 4.43. The molecule has 0 radical (unpaired) electrons. The molecule has 2 aromatic carbocycles. The second kappa shape index (κ2) is 5.96. The van der Waals surface area contributed by atoms with Gasteiger partial charge in [-0.1, -0.05) is 36.4 Å². The summed E-state index contributed by atoms with van der Waals surface area (Å²) in [6.07, 6.45) is 2.16. The van der Waals surface area contributed by atoms with Gasteiger partial charge in [0, 0.05) is 37.0 Å². The van der Waals surface area contributed by atoms with E-state index in [4.69, 9.17) is 5.26 Å². The van der Waals surface area contributed by atoms with Crippen LogP contribution in [0.25, 0.3) is 11.1 Å². The van der Waals surface area contributed by atoms with Gasteiger partial charge in [0.25, 0.3) is 0 Å². The first kappa shape index (κ1) is 15.6. The third-order valence-electron chi connectivity index (χ3n) is 5.99. The molecule has 4 nitrogen and oxygen atoms in total. The second-order valence-corrected chi connectivity index (χ2v) is 7.74. The third kappa shape index (κ3) is 2.60. The Morgan fingerprint density at radius 1 is 1.04 bits per heavy atom. The van der Waals surface area contributed by atoms with Gasteiger partial charge < -0.3 is 10.2 Å². The molecular formula is C22H21N3O. The molecule has 1 aliphatic carbocycles. The summed E-state index contributed by atoms with van der Waals surface area (Å²) in [6, 6.07) is 19.4. The maximum Gasteiger partial charge on any atom is 0.225 e. The van der Waals surface area contributed by atoms with Gasteiger partial charge in [-0.3, -0.25) is 4.79 Å². The van der Waals surface area contributed by atoms with E-state index in [2.05, 4.69) is 40.6 Å². The van der Waals surface area contributed by atoms with Crippen LogP contribution in [0.5, 0.6) is 0 Å². The Kier molecular flexibility index (Phi) is 3.58. The lowest BCUT2D eigenvalue weighted by molar-refractivity contribution is -0.137. The van der Waals surface area contributed by atoms with Crippen molar-refractivity contribution in [3.05, 3.63) is 59.7 Å². The van der Waals surface area contributed by atoms with Crippen molar-refractivity contribution in [3.8, 4) is 17.2 Å². The molecule has 4 aliphatic rings. The molecule has 3 aliphatic heterocycles. The summed E-state index contributed by atoms with van der Waals surface area (Å²) in [6.45, 7) is 1.67. The molecule has 3 heterocycles. The van der Waals surface area contributed by atoms with Crippen LogP contribution in [0.1, 0.15) is 29.9 Å². The van der Waals surface area contributed by atoms with Gasteiger partial charge in [0.05, 0.1) is 11.6 Å². The largest absolute Gasteiger partial charge is 0.339 e. The fraction of sp³-hybridized carbons (Fsp3) is 0.364. The number of carbonyl (C=O) groups is 1. The van der Waals surface area contributed by atoms with Crippen molar-refractivity contribution in [1.82, 2.24) is 10.2 Å². The van der Waals surface area contributed by atoms with Crippen LogP contribution in [0, 0.1) is 17.2 Å². The van der Waals surface area contributed by atoms with E-state index in [-0.39, 0.29) is 0 Å². The summed E-state index contributed by atoms with van der Waals surface area (Å²) < 4.78 is 0. The predicted octanol–water partition coefficient (Wildman–Crippen LogP) is 2.90. The highest BCUT2D eigenvalue weighted by molar-refractivity contribution is 5.81. The monoisotopic (exact) mass is 343 g/mol. The fourth-order valence-electron chi connectivity index (χ4n) is 4.43.